The van der Waals surface area contributed by atoms with Crippen molar-refractivity contribution in [1.29, 1.82) is 0 Å². The van der Waals surface area contributed by atoms with Crippen LogP contribution in [0.15, 0.2) is 11.3 Å². The molecule has 0 amide bonds. The molecule has 2 atom stereocenters. The van der Waals surface area contributed by atoms with Crippen LogP contribution in [0.2, 0.25) is 0 Å². The van der Waals surface area contributed by atoms with Crippen molar-refractivity contribution in [2.24, 2.45) is 17.3 Å². The van der Waals surface area contributed by atoms with E-state index in [1.54, 1.807) is 6.92 Å². The van der Waals surface area contributed by atoms with Crippen molar-refractivity contribution in [2.45, 2.75) is 33.8 Å². The van der Waals surface area contributed by atoms with E-state index in [2.05, 4.69) is 24.5 Å². The van der Waals surface area contributed by atoms with Gasteiger partial charge in [0.15, 0.2) is 29.1 Å². The van der Waals surface area contributed by atoms with Crippen molar-refractivity contribution < 1.29 is 27.5 Å². The quantitative estimate of drug-likeness (QED) is 0.304. The number of benzene rings is 1. The van der Waals surface area contributed by atoms with Crippen molar-refractivity contribution in [3.63, 3.8) is 0 Å². The minimum Gasteiger partial charge on any atom is -0.391 e. The molecule has 4 nitrogen and oxygen atoms in total. The van der Waals surface area contributed by atoms with Crippen LogP contribution in [0.1, 0.15) is 32.8 Å². The number of rotatable bonds is 6. The van der Waals surface area contributed by atoms with Gasteiger partial charge in [-0.2, -0.15) is 0 Å². The highest BCUT2D eigenvalue weighted by Crippen LogP contribution is 2.68. The number of allylic oxidation sites excluding steroid dienone is 2. The smallest absolute Gasteiger partial charge is 0.185 e. The molecule has 0 unspecified atom stereocenters. The maximum Gasteiger partial charge on any atom is 0.185 e. The van der Waals surface area contributed by atoms with Gasteiger partial charge in [0.1, 0.15) is 5.69 Å². The number of aliphatic hydroxyl groups excluding tert-OH is 1. The lowest BCUT2D eigenvalue weighted by Gasteiger charge is -2.16. The fourth-order valence-corrected chi connectivity index (χ4v) is 4.13. The molecule has 0 radical (unpaired) electrons. The highest BCUT2D eigenvalue weighted by atomic mass is 19.2. The van der Waals surface area contributed by atoms with E-state index in [4.69, 9.17) is 5.11 Å². The summed E-state index contributed by atoms with van der Waals surface area (Å²) in [6.45, 7) is 5.04. The van der Waals surface area contributed by atoms with Crippen LogP contribution < -0.4 is 10.6 Å². The molecule has 1 aromatic rings. The van der Waals surface area contributed by atoms with Crippen LogP contribution in [-0.4, -0.2) is 24.0 Å². The number of hydrogen-bond donors (Lipinski definition) is 3. The zero-order valence-electron chi connectivity index (χ0n) is 15.4. The summed E-state index contributed by atoms with van der Waals surface area (Å²) in [5.74, 6) is -5.69. The first-order valence-corrected chi connectivity index (χ1v) is 8.80. The van der Waals surface area contributed by atoms with Crippen molar-refractivity contribution in [1.82, 2.24) is 5.32 Å². The molecular formula is C19H22F4N2O2. The lowest BCUT2D eigenvalue weighted by molar-refractivity contribution is -0.115. The number of Topliss-reactive ketones (excluding diaryl/α,β-unsaturated/α-hetero) is 1. The molecule has 0 heterocycles. The molecule has 3 N–H and O–H groups in total. The van der Waals surface area contributed by atoms with E-state index < -0.39 is 41.1 Å². The van der Waals surface area contributed by atoms with E-state index in [0.29, 0.717) is 18.0 Å². The number of aliphatic hydroxyl groups is 1. The van der Waals surface area contributed by atoms with Crippen molar-refractivity contribution >= 4 is 11.5 Å². The molecular weight excluding hydrogens is 364 g/mol. The Kier molecular flexibility index (Phi) is 4.96. The summed E-state index contributed by atoms with van der Waals surface area (Å²) in [6, 6.07) is 0. The molecule has 148 valence electrons. The Bertz CT molecular complexity index is 806. The van der Waals surface area contributed by atoms with Crippen LogP contribution in [-0.2, 0) is 11.4 Å². The molecule has 0 bridgehead atoms. The van der Waals surface area contributed by atoms with Crippen LogP contribution in [0.3, 0.4) is 0 Å². The van der Waals surface area contributed by atoms with Gasteiger partial charge in [0.25, 0.3) is 0 Å². The number of nitrogens with one attached hydrogen (secondary N) is 2. The number of ketones is 1. The summed E-state index contributed by atoms with van der Waals surface area (Å²) in [5.41, 5.74) is -0.369. The standard InChI is InChI=1S/C19H22F4N2O2/c1-8(12-11(27)6-10-13(12)19(10,2)3)24-4-5-25-18-16(22)14(20)9(7-26)15(21)17(18)23/h10,13,24-26H,4-7H2,1-3H3/b12-8+/t10-,13+/m0/s1. The maximum absolute atomic E-state index is 13.9. The number of halogens is 4. The Morgan fingerprint density at radius 3 is 2.22 bits per heavy atom. The minimum absolute atomic E-state index is 0.0263. The van der Waals surface area contributed by atoms with Gasteiger partial charge >= 0.3 is 0 Å². The minimum atomic E-state index is -1.62. The van der Waals surface area contributed by atoms with Gasteiger partial charge in [0.05, 0.1) is 12.2 Å². The molecule has 0 spiro atoms. The Labute approximate surface area is 154 Å². The second-order valence-electron chi connectivity index (χ2n) is 7.69. The molecule has 2 aliphatic rings. The average Bonchev–Trinajstić information content (AvgIpc) is 2.95. The topological polar surface area (TPSA) is 61.4 Å². The molecule has 8 heteroatoms. The highest BCUT2D eigenvalue weighted by Gasteiger charge is 2.65. The molecule has 0 aliphatic heterocycles. The summed E-state index contributed by atoms with van der Waals surface area (Å²) in [4.78, 5) is 12.1. The van der Waals surface area contributed by atoms with E-state index in [0.717, 1.165) is 5.57 Å². The summed E-state index contributed by atoms with van der Waals surface area (Å²) >= 11 is 0. The van der Waals surface area contributed by atoms with Crippen LogP contribution in [0.25, 0.3) is 0 Å². The van der Waals surface area contributed by atoms with Crippen molar-refractivity contribution in [3.05, 3.63) is 40.1 Å². The summed E-state index contributed by atoms with van der Waals surface area (Å²) < 4.78 is 55.1. The van der Waals surface area contributed by atoms with Crippen LogP contribution in [0.5, 0.6) is 0 Å². The van der Waals surface area contributed by atoms with Gasteiger partial charge in [-0.15, -0.1) is 0 Å². The third-order valence-electron chi connectivity index (χ3n) is 5.80. The second kappa shape index (κ2) is 6.82. The van der Waals surface area contributed by atoms with Gasteiger partial charge in [0.2, 0.25) is 0 Å². The number of anilines is 1. The molecule has 1 aromatic carbocycles. The second-order valence-corrected chi connectivity index (χ2v) is 7.69. The predicted octanol–water partition coefficient (Wildman–Crippen LogP) is 3.26. The molecule has 2 saturated carbocycles. The first-order chi connectivity index (χ1) is 12.6. The zero-order chi connectivity index (χ0) is 20.1. The monoisotopic (exact) mass is 386 g/mol. The summed E-state index contributed by atoms with van der Waals surface area (Å²) in [5, 5.41) is 14.2. The van der Waals surface area contributed by atoms with E-state index in [1.165, 1.54) is 0 Å². The lowest BCUT2D eigenvalue weighted by Crippen LogP contribution is -2.24. The third kappa shape index (κ3) is 3.09. The van der Waals surface area contributed by atoms with Gasteiger partial charge in [-0.25, -0.2) is 17.6 Å². The number of carbonyl (C=O) groups is 1. The largest absolute Gasteiger partial charge is 0.391 e. The van der Waals surface area contributed by atoms with Crippen LogP contribution >= 0.6 is 0 Å². The molecule has 2 fully saturated rings. The number of hydrogen-bond acceptors (Lipinski definition) is 4. The van der Waals surface area contributed by atoms with Gasteiger partial charge in [0, 0.05) is 30.8 Å². The average molecular weight is 386 g/mol. The van der Waals surface area contributed by atoms with Crippen molar-refractivity contribution in [3.8, 4) is 0 Å². The van der Waals surface area contributed by atoms with E-state index in [9.17, 15) is 22.4 Å². The van der Waals surface area contributed by atoms with Crippen molar-refractivity contribution in [2.75, 3.05) is 18.4 Å². The van der Waals surface area contributed by atoms with E-state index >= 15 is 0 Å². The zero-order valence-corrected chi connectivity index (χ0v) is 15.4. The Morgan fingerprint density at radius 1 is 1.11 bits per heavy atom. The normalized spacial score (nSPS) is 24.7. The Hall–Kier alpha value is -2.09. The number of fused-ring (bicyclic) bond motifs is 1. The fourth-order valence-electron chi connectivity index (χ4n) is 4.13. The van der Waals surface area contributed by atoms with Gasteiger partial charge in [-0.05, 0) is 24.2 Å². The van der Waals surface area contributed by atoms with E-state index in [-0.39, 0.29) is 30.2 Å². The van der Waals surface area contributed by atoms with Gasteiger partial charge in [-0.3, -0.25) is 4.79 Å². The molecule has 3 rings (SSSR count). The summed E-state index contributed by atoms with van der Waals surface area (Å²) in [6.07, 6.45) is 0.538. The summed E-state index contributed by atoms with van der Waals surface area (Å²) in [7, 11) is 0. The first-order valence-electron chi connectivity index (χ1n) is 8.80. The number of carbonyl (C=O) groups excluding carboxylic acids is 1. The Morgan fingerprint density at radius 2 is 1.70 bits per heavy atom. The lowest BCUT2D eigenvalue weighted by atomic mass is 9.95. The fraction of sp³-hybridized carbons (Fsp3) is 0.526. The van der Waals surface area contributed by atoms with Crippen LogP contribution in [0.4, 0.5) is 23.2 Å². The third-order valence-corrected chi connectivity index (χ3v) is 5.80. The van der Waals surface area contributed by atoms with Crippen LogP contribution in [0, 0.1) is 40.5 Å². The SMILES string of the molecule is C/C(NCCNc1c(F)c(F)c(CO)c(F)c1F)=C1/C(=O)C[C@H]2[C@H]1C2(C)C. The highest BCUT2D eigenvalue weighted by molar-refractivity contribution is 6.01. The van der Waals surface area contributed by atoms with Gasteiger partial charge in [-0.1, -0.05) is 13.8 Å². The van der Waals surface area contributed by atoms with E-state index in [1.807, 2.05) is 0 Å². The van der Waals surface area contributed by atoms with Gasteiger partial charge < -0.3 is 15.7 Å². The molecule has 0 saturated heterocycles. The Balaban J connectivity index is 1.65. The molecule has 2 aliphatic carbocycles. The molecule has 27 heavy (non-hydrogen) atoms. The molecule has 0 aromatic heterocycles. The predicted molar refractivity (Wildman–Crippen MR) is 91.8 cm³/mol. The maximum atomic E-state index is 13.9. The first kappa shape index (κ1) is 19.7.